The Morgan fingerprint density at radius 1 is 1.10 bits per heavy atom. The van der Waals surface area contributed by atoms with Gasteiger partial charge in [-0.2, -0.15) is 0 Å². The predicted octanol–water partition coefficient (Wildman–Crippen LogP) is 2.83. The zero-order chi connectivity index (χ0) is 15.1. The number of carboxylic acid groups (broad SMARTS) is 1. The van der Waals surface area contributed by atoms with Crippen LogP contribution in [0.25, 0.3) is 0 Å². The monoisotopic (exact) mass is 285 g/mol. The first kappa shape index (κ1) is 15.1. The molecule has 2 aromatic rings. The summed E-state index contributed by atoms with van der Waals surface area (Å²) in [5.41, 5.74) is 2.15. The second kappa shape index (κ2) is 7.45. The Bertz CT molecular complexity index is 566. The molecule has 110 valence electrons. The molecule has 4 heteroatoms. The third-order valence-electron chi connectivity index (χ3n) is 3.15. The summed E-state index contributed by atoms with van der Waals surface area (Å²) in [5.74, 6) is -0.0494. The van der Waals surface area contributed by atoms with Gasteiger partial charge in [0.25, 0.3) is 0 Å². The summed E-state index contributed by atoms with van der Waals surface area (Å²) in [4.78, 5) is 10.7. The fraction of sp³-hybridized carbons (Fsp3) is 0.235. The standard InChI is InChI=1S/C17H19NO3/c1-13(17(19)20)18-11-14-7-9-16(10-8-14)21-12-15-5-3-2-4-6-15/h2-10,13,18H,11-12H2,1H3,(H,19,20). The minimum Gasteiger partial charge on any atom is -0.489 e. The van der Waals surface area contributed by atoms with Gasteiger partial charge in [0.2, 0.25) is 0 Å². The van der Waals surface area contributed by atoms with E-state index in [0.29, 0.717) is 13.2 Å². The molecule has 0 aliphatic rings. The van der Waals surface area contributed by atoms with Crippen molar-refractivity contribution in [2.75, 3.05) is 0 Å². The van der Waals surface area contributed by atoms with Crippen LogP contribution in [0.1, 0.15) is 18.1 Å². The molecule has 0 amide bonds. The molecule has 4 nitrogen and oxygen atoms in total. The van der Waals surface area contributed by atoms with E-state index < -0.39 is 12.0 Å². The molecule has 0 aliphatic carbocycles. The fourth-order valence-corrected chi connectivity index (χ4v) is 1.80. The van der Waals surface area contributed by atoms with Gasteiger partial charge in [-0.1, -0.05) is 42.5 Å². The number of carboxylic acids is 1. The van der Waals surface area contributed by atoms with E-state index in [1.165, 1.54) is 0 Å². The number of carbonyl (C=O) groups is 1. The number of hydrogen-bond acceptors (Lipinski definition) is 3. The van der Waals surface area contributed by atoms with E-state index in [1.807, 2.05) is 54.6 Å². The molecule has 2 rings (SSSR count). The van der Waals surface area contributed by atoms with Crippen LogP contribution >= 0.6 is 0 Å². The molecule has 0 fully saturated rings. The fourth-order valence-electron chi connectivity index (χ4n) is 1.80. The van der Waals surface area contributed by atoms with Crippen molar-refractivity contribution in [2.24, 2.45) is 0 Å². The van der Waals surface area contributed by atoms with Crippen LogP contribution in [0.15, 0.2) is 54.6 Å². The van der Waals surface area contributed by atoms with E-state index in [0.717, 1.165) is 16.9 Å². The van der Waals surface area contributed by atoms with E-state index in [9.17, 15) is 4.79 Å². The molecule has 0 saturated heterocycles. The lowest BCUT2D eigenvalue weighted by atomic mass is 10.2. The van der Waals surface area contributed by atoms with Gasteiger partial charge in [0, 0.05) is 6.54 Å². The molecule has 2 aromatic carbocycles. The normalized spacial score (nSPS) is 11.9. The number of nitrogens with one attached hydrogen (secondary N) is 1. The van der Waals surface area contributed by atoms with Crippen LogP contribution in [-0.2, 0) is 17.9 Å². The molecule has 0 saturated carbocycles. The summed E-state index contributed by atoms with van der Waals surface area (Å²) < 4.78 is 5.70. The summed E-state index contributed by atoms with van der Waals surface area (Å²) in [5, 5.41) is 11.7. The lowest BCUT2D eigenvalue weighted by Gasteiger charge is -2.10. The van der Waals surface area contributed by atoms with Crippen molar-refractivity contribution in [1.82, 2.24) is 5.32 Å². The second-order valence-corrected chi connectivity index (χ2v) is 4.86. The van der Waals surface area contributed by atoms with Crippen LogP contribution in [0, 0.1) is 0 Å². The Labute approximate surface area is 124 Å². The van der Waals surface area contributed by atoms with E-state index in [-0.39, 0.29) is 0 Å². The van der Waals surface area contributed by atoms with Crippen LogP contribution in [0.2, 0.25) is 0 Å². The number of aliphatic carboxylic acids is 1. The summed E-state index contributed by atoms with van der Waals surface area (Å²) in [6.45, 7) is 2.68. The van der Waals surface area contributed by atoms with Crippen molar-refractivity contribution >= 4 is 5.97 Å². The highest BCUT2D eigenvalue weighted by Gasteiger charge is 2.09. The number of rotatable bonds is 7. The number of ether oxygens (including phenoxy) is 1. The van der Waals surface area contributed by atoms with Gasteiger partial charge >= 0.3 is 5.97 Å². The molecule has 0 bridgehead atoms. The third-order valence-corrected chi connectivity index (χ3v) is 3.15. The minimum atomic E-state index is -0.849. The summed E-state index contributed by atoms with van der Waals surface area (Å²) in [6, 6.07) is 17.1. The van der Waals surface area contributed by atoms with E-state index in [2.05, 4.69) is 5.32 Å². The van der Waals surface area contributed by atoms with Crippen LogP contribution < -0.4 is 10.1 Å². The maximum absolute atomic E-state index is 10.7. The van der Waals surface area contributed by atoms with Gasteiger partial charge in [-0.25, -0.2) is 0 Å². The molecule has 0 radical (unpaired) electrons. The largest absolute Gasteiger partial charge is 0.489 e. The highest BCUT2D eigenvalue weighted by molar-refractivity contribution is 5.72. The first-order chi connectivity index (χ1) is 10.1. The Hall–Kier alpha value is -2.33. The predicted molar refractivity (Wildman–Crippen MR) is 81.2 cm³/mol. The van der Waals surface area contributed by atoms with E-state index in [4.69, 9.17) is 9.84 Å². The van der Waals surface area contributed by atoms with Crippen molar-refractivity contribution in [3.8, 4) is 5.75 Å². The summed E-state index contributed by atoms with van der Waals surface area (Å²) in [6.07, 6.45) is 0. The molecule has 2 N–H and O–H groups in total. The second-order valence-electron chi connectivity index (χ2n) is 4.86. The van der Waals surface area contributed by atoms with Crippen molar-refractivity contribution in [3.63, 3.8) is 0 Å². The van der Waals surface area contributed by atoms with Gasteiger partial charge in [0.05, 0.1) is 0 Å². The number of hydrogen-bond donors (Lipinski definition) is 2. The molecule has 0 spiro atoms. The van der Waals surface area contributed by atoms with Gasteiger partial charge in [-0.15, -0.1) is 0 Å². The third kappa shape index (κ3) is 4.93. The number of benzene rings is 2. The Balaban J connectivity index is 1.83. The van der Waals surface area contributed by atoms with Crippen LogP contribution in [0.5, 0.6) is 5.75 Å². The van der Waals surface area contributed by atoms with Crippen LogP contribution in [0.4, 0.5) is 0 Å². The molecule has 0 aliphatic heterocycles. The zero-order valence-electron chi connectivity index (χ0n) is 12.0. The van der Waals surface area contributed by atoms with Gasteiger partial charge in [0.15, 0.2) is 0 Å². The first-order valence-corrected chi connectivity index (χ1v) is 6.87. The van der Waals surface area contributed by atoms with Crippen LogP contribution in [-0.4, -0.2) is 17.1 Å². The summed E-state index contributed by atoms with van der Waals surface area (Å²) >= 11 is 0. The van der Waals surface area contributed by atoms with Crippen molar-refractivity contribution in [3.05, 3.63) is 65.7 Å². The average molecular weight is 285 g/mol. The quantitative estimate of drug-likeness (QED) is 0.821. The zero-order valence-corrected chi connectivity index (χ0v) is 12.0. The van der Waals surface area contributed by atoms with E-state index >= 15 is 0 Å². The SMILES string of the molecule is CC(NCc1ccc(OCc2ccccc2)cc1)C(=O)O. The summed E-state index contributed by atoms with van der Waals surface area (Å²) in [7, 11) is 0. The Morgan fingerprint density at radius 3 is 2.38 bits per heavy atom. The van der Waals surface area contributed by atoms with Gasteiger partial charge < -0.3 is 15.2 Å². The minimum absolute atomic E-state index is 0.520. The highest BCUT2D eigenvalue weighted by Crippen LogP contribution is 2.14. The topological polar surface area (TPSA) is 58.6 Å². The van der Waals surface area contributed by atoms with Crippen molar-refractivity contribution in [2.45, 2.75) is 26.1 Å². The molecule has 0 heterocycles. The molecule has 1 unspecified atom stereocenters. The first-order valence-electron chi connectivity index (χ1n) is 6.87. The molecule has 0 aromatic heterocycles. The molecular weight excluding hydrogens is 266 g/mol. The van der Waals surface area contributed by atoms with Gasteiger partial charge in [0.1, 0.15) is 18.4 Å². The highest BCUT2D eigenvalue weighted by atomic mass is 16.5. The maximum Gasteiger partial charge on any atom is 0.320 e. The Kier molecular flexibility index (Phi) is 5.35. The average Bonchev–Trinajstić information content (AvgIpc) is 2.52. The molecular formula is C17H19NO3. The lowest BCUT2D eigenvalue weighted by molar-refractivity contribution is -0.139. The van der Waals surface area contributed by atoms with Crippen molar-refractivity contribution in [1.29, 1.82) is 0 Å². The van der Waals surface area contributed by atoms with E-state index in [1.54, 1.807) is 6.92 Å². The lowest BCUT2D eigenvalue weighted by Crippen LogP contribution is -2.33. The Morgan fingerprint density at radius 2 is 1.76 bits per heavy atom. The molecule has 1 atom stereocenters. The van der Waals surface area contributed by atoms with Crippen LogP contribution in [0.3, 0.4) is 0 Å². The molecule has 21 heavy (non-hydrogen) atoms. The van der Waals surface area contributed by atoms with Gasteiger partial charge in [-0.3, -0.25) is 4.79 Å². The van der Waals surface area contributed by atoms with Gasteiger partial charge in [-0.05, 0) is 30.2 Å². The maximum atomic E-state index is 10.7. The van der Waals surface area contributed by atoms with Crippen molar-refractivity contribution < 1.29 is 14.6 Å². The smallest absolute Gasteiger partial charge is 0.320 e.